The quantitative estimate of drug-likeness (QED) is 0.303. The number of carbonyl (C=O) groups is 1. The minimum absolute atomic E-state index is 0.0648. The molecule has 4 aliphatic heterocycles. The number of ether oxygens (including phenoxy) is 4. The average molecular weight is 600 g/mol. The highest BCUT2D eigenvalue weighted by atomic mass is 19.1. The zero-order valence-electron chi connectivity index (χ0n) is 24.2. The van der Waals surface area contributed by atoms with Gasteiger partial charge in [0.15, 0.2) is 17.1 Å². The molecule has 1 fully saturated rings. The summed E-state index contributed by atoms with van der Waals surface area (Å²) in [5, 5.41) is 12.1. The molecule has 6 heterocycles. The van der Waals surface area contributed by atoms with Crippen molar-refractivity contribution >= 4 is 22.6 Å². The van der Waals surface area contributed by atoms with Gasteiger partial charge in [0.1, 0.15) is 12.4 Å². The molecule has 8 rings (SSSR count). The standard InChI is InChI=1S/C33H30FN3O7/c1-2-33(40)23-13-27-30-21(15-37(27)31(38)22(23)16-42-32(33)39)19(20-12-28-29(44-17-43-28)14-25(20)35-30)5-3-18-4-6-26(24(34)11-18)36-7-9-41-10-8-36/h4,6,11-14,40H,2-3,5,7-10,15-17H2,1H3/t33-/m0/s1. The van der Waals surface area contributed by atoms with Gasteiger partial charge in [-0.2, -0.15) is 0 Å². The van der Waals surface area contributed by atoms with E-state index in [2.05, 4.69) is 0 Å². The van der Waals surface area contributed by atoms with Crippen molar-refractivity contribution in [1.82, 2.24) is 9.55 Å². The van der Waals surface area contributed by atoms with Crippen LogP contribution < -0.4 is 19.9 Å². The van der Waals surface area contributed by atoms with E-state index in [0.717, 1.165) is 22.1 Å². The number of aromatic nitrogens is 2. The summed E-state index contributed by atoms with van der Waals surface area (Å²) in [6.07, 6.45) is 1.18. The molecule has 1 saturated heterocycles. The molecule has 4 aliphatic rings. The first-order valence-electron chi connectivity index (χ1n) is 14.9. The van der Waals surface area contributed by atoms with Gasteiger partial charge >= 0.3 is 5.97 Å². The molecule has 1 N–H and O–H groups in total. The Kier molecular flexibility index (Phi) is 6.18. The zero-order chi connectivity index (χ0) is 30.2. The van der Waals surface area contributed by atoms with Crippen molar-refractivity contribution in [3.8, 4) is 22.9 Å². The summed E-state index contributed by atoms with van der Waals surface area (Å²) in [6.45, 7) is 4.34. The number of fused-ring (bicyclic) bond motifs is 6. The maximum absolute atomic E-state index is 15.3. The number of cyclic esters (lactones) is 1. The fourth-order valence-corrected chi connectivity index (χ4v) is 6.87. The molecule has 226 valence electrons. The molecule has 44 heavy (non-hydrogen) atoms. The lowest BCUT2D eigenvalue weighted by Gasteiger charge is -2.31. The number of hydrogen-bond acceptors (Lipinski definition) is 9. The summed E-state index contributed by atoms with van der Waals surface area (Å²) in [5.41, 5.74) is 3.39. The number of pyridine rings is 2. The van der Waals surface area contributed by atoms with Crippen molar-refractivity contribution in [3.63, 3.8) is 0 Å². The number of anilines is 1. The zero-order valence-corrected chi connectivity index (χ0v) is 24.2. The van der Waals surface area contributed by atoms with E-state index in [1.807, 2.05) is 29.2 Å². The van der Waals surface area contributed by atoms with Gasteiger partial charge in [-0.3, -0.25) is 4.79 Å². The van der Waals surface area contributed by atoms with Gasteiger partial charge in [0.2, 0.25) is 6.79 Å². The minimum atomic E-state index is -1.91. The van der Waals surface area contributed by atoms with E-state index in [4.69, 9.17) is 23.9 Å². The van der Waals surface area contributed by atoms with Crippen LogP contribution in [0.15, 0.2) is 41.2 Å². The summed E-state index contributed by atoms with van der Waals surface area (Å²) in [4.78, 5) is 33.4. The van der Waals surface area contributed by atoms with Crippen LogP contribution in [0.2, 0.25) is 0 Å². The van der Waals surface area contributed by atoms with Crippen LogP contribution in [-0.2, 0) is 45.9 Å². The predicted octanol–water partition coefficient (Wildman–Crippen LogP) is 3.57. The Morgan fingerprint density at radius 3 is 2.57 bits per heavy atom. The first-order valence-corrected chi connectivity index (χ1v) is 14.9. The number of aliphatic hydroxyl groups is 1. The molecular weight excluding hydrogens is 569 g/mol. The number of aryl methyl sites for hydroxylation is 2. The second-order valence-electron chi connectivity index (χ2n) is 11.6. The van der Waals surface area contributed by atoms with Gasteiger partial charge in [-0.05, 0) is 54.7 Å². The van der Waals surface area contributed by atoms with Crippen molar-refractivity contribution in [2.75, 3.05) is 38.0 Å². The largest absolute Gasteiger partial charge is 0.458 e. The lowest BCUT2D eigenvalue weighted by molar-refractivity contribution is -0.172. The highest BCUT2D eigenvalue weighted by Crippen LogP contribution is 2.43. The van der Waals surface area contributed by atoms with Gasteiger partial charge in [-0.15, -0.1) is 0 Å². The van der Waals surface area contributed by atoms with Gasteiger partial charge in [0.25, 0.3) is 5.56 Å². The summed E-state index contributed by atoms with van der Waals surface area (Å²) in [5.74, 6) is 0.179. The lowest BCUT2D eigenvalue weighted by atomic mass is 9.86. The lowest BCUT2D eigenvalue weighted by Crippen LogP contribution is -2.44. The number of carbonyl (C=O) groups excluding carboxylic acids is 1. The second kappa shape index (κ2) is 10.0. The third-order valence-electron chi connectivity index (χ3n) is 9.33. The van der Waals surface area contributed by atoms with Gasteiger partial charge < -0.3 is 33.5 Å². The molecular formula is C33H30FN3O7. The Balaban J connectivity index is 1.23. The molecule has 1 atom stereocenters. The molecule has 4 aromatic rings. The van der Waals surface area contributed by atoms with Crippen molar-refractivity contribution < 1.29 is 33.2 Å². The summed E-state index contributed by atoms with van der Waals surface area (Å²) < 4.78 is 38.8. The highest BCUT2D eigenvalue weighted by molar-refractivity contribution is 5.91. The van der Waals surface area contributed by atoms with Crippen LogP contribution in [0.3, 0.4) is 0 Å². The summed E-state index contributed by atoms with van der Waals surface area (Å²) >= 11 is 0. The number of nitrogens with zero attached hydrogens (tertiary/aromatic N) is 3. The number of halogens is 1. The molecule has 0 amide bonds. The molecule has 10 nitrogen and oxygen atoms in total. The number of rotatable bonds is 5. The molecule has 0 unspecified atom stereocenters. The Morgan fingerprint density at radius 1 is 1.00 bits per heavy atom. The Hall–Kier alpha value is -4.48. The molecule has 11 heteroatoms. The summed E-state index contributed by atoms with van der Waals surface area (Å²) in [7, 11) is 0. The molecule has 0 saturated carbocycles. The Morgan fingerprint density at radius 2 is 1.80 bits per heavy atom. The van der Waals surface area contributed by atoms with Gasteiger partial charge in [-0.25, -0.2) is 14.2 Å². The number of hydrogen-bond donors (Lipinski definition) is 1. The minimum Gasteiger partial charge on any atom is -0.458 e. The monoisotopic (exact) mass is 599 g/mol. The van der Waals surface area contributed by atoms with E-state index in [1.54, 1.807) is 23.6 Å². The third-order valence-corrected chi connectivity index (χ3v) is 9.33. The SMILES string of the molecule is CC[C@@]1(O)C(=O)OCc2c1cc1n(c2=O)Cc2c-1nc1cc3c(cc1c2CCc1ccc(N2CCOCC2)c(F)c1)OCO3. The number of benzene rings is 2. The van der Waals surface area contributed by atoms with Crippen LogP contribution in [0.4, 0.5) is 10.1 Å². The summed E-state index contributed by atoms with van der Waals surface area (Å²) in [6, 6.07) is 10.8. The van der Waals surface area contributed by atoms with Crippen LogP contribution in [0.25, 0.3) is 22.3 Å². The third kappa shape index (κ3) is 4.02. The first-order chi connectivity index (χ1) is 21.4. The van der Waals surface area contributed by atoms with E-state index in [9.17, 15) is 14.7 Å². The van der Waals surface area contributed by atoms with E-state index in [-0.39, 0.29) is 48.9 Å². The first kappa shape index (κ1) is 27.1. The van der Waals surface area contributed by atoms with E-state index in [1.165, 1.54) is 0 Å². The maximum atomic E-state index is 15.3. The van der Waals surface area contributed by atoms with Gasteiger partial charge in [0.05, 0.1) is 47.9 Å². The van der Waals surface area contributed by atoms with Crippen LogP contribution in [0.1, 0.15) is 41.2 Å². The highest BCUT2D eigenvalue weighted by Gasteiger charge is 2.45. The maximum Gasteiger partial charge on any atom is 0.343 e. The van der Waals surface area contributed by atoms with Crippen molar-refractivity contribution in [2.45, 2.75) is 44.9 Å². The fraction of sp³-hybridized carbons (Fsp3) is 0.364. The van der Waals surface area contributed by atoms with Crippen molar-refractivity contribution in [3.05, 3.63) is 80.4 Å². The van der Waals surface area contributed by atoms with E-state index < -0.39 is 11.6 Å². The van der Waals surface area contributed by atoms with Crippen LogP contribution in [0.5, 0.6) is 11.5 Å². The molecule has 0 radical (unpaired) electrons. The smallest absolute Gasteiger partial charge is 0.343 e. The predicted molar refractivity (Wildman–Crippen MR) is 157 cm³/mol. The fourth-order valence-electron chi connectivity index (χ4n) is 6.87. The average Bonchev–Trinajstić information content (AvgIpc) is 3.65. The molecule has 0 bridgehead atoms. The van der Waals surface area contributed by atoms with E-state index >= 15 is 4.39 Å². The van der Waals surface area contributed by atoms with Gasteiger partial charge in [0, 0.05) is 35.7 Å². The van der Waals surface area contributed by atoms with E-state index in [0.29, 0.717) is 73.2 Å². The van der Waals surface area contributed by atoms with Crippen LogP contribution in [-0.4, -0.2) is 53.7 Å². The molecule has 0 aliphatic carbocycles. The second-order valence-corrected chi connectivity index (χ2v) is 11.6. The molecule has 2 aromatic heterocycles. The Labute approximate surface area is 251 Å². The normalized spacial score (nSPS) is 20.0. The number of esters is 1. The number of morpholine rings is 1. The topological polar surface area (TPSA) is 112 Å². The van der Waals surface area contributed by atoms with Crippen LogP contribution in [0, 0.1) is 5.82 Å². The molecule has 2 aromatic carbocycles. The molecule has 0 spiro atoms. The van der Waals surface area contributed by atoms with Crippen molar-refractivity contribution in [2.24, 2.45) is 0 Å². The van der Waals surface area contributed by atoms with Crippen LogP contribution >= 0.6 is 0 Å². The van der Waals surface area contributed by atoms with Crippen molar-refractivity contribution in [1.29, 1.82) is 0 Å². The van der Waals surface area contributed by atoms with Gasteiger partial charge in [-0.1, -0.05) is 13.0 Å². The Bertz CT molecular complexity index is 1930.